The number of hydrogen-bond acceptors (Lipinski definition) is 2. The van der Waals surface area contributed by atoms with Crippen LogP contribution in [0.3, 0.4) is 0 Å². The Kier molecular flexibility index (Phi) is 8.05. The molecule has 0 heterocycles. The fraction of sp³-hybridized carbons (Fsp3) is 0.909. The van der Waals surface area contributed by atoms with Gasteiger partial charge in [-0.2, -0.15) is 0 Å². The maximum Gasteiger partial charge on any atom is 0.129 e. The van der Waals surface area contributed by atoms with E-state index in [-0.39, 0.29) is 5.78 Å². The van der Waals surface area contributed by atoms with Gasteiger partial charge in [0.25, 0.3) is 0 Å². The summed E-state index contributed by atoms with van der Waals surface area (Å²) in [6.07, 6.45) is 3.49. The Balaban J connectivity index is 3.31. The maximum atomic E-state index is 11.4. The Morgan fingerprint density at radius 1 is 1.21 bits per heavy atom. The molecule has 2 nitrogen and oxygen atoms in total. The molecule has 0 radical (unpaired) electrons. The topological polar surface area (TPSA) is 34.1 Å². The van der Waals surface area contributed by atoms with Gasteiger partial charge in [-0.05, 0) is 32.1 Å². The van der Waals surface area contributed by atoms with Gasteiger partial charge in [-0.3, -0.25) is 4.21 Å². The lowest BCUT2D eigenvalue weighted by atomic mass is 10.2. The zero-order valence-electron chi connectivity index (χ0n) is 9.54. The molecule has 14 heavy (non-hydrogen) atoms. The molecule has 0 saturated heterocycles. The number of carbonyl (C=O) groups is 1. The summed E-state index contributed by atoms with van der Waals surface area (Å²) in [6.45, 7) is 5.90. The number of hydrogen-bond donors (Lipinski definition) is 0. The van der Waals surface area contributed by atoms with E-state index in [4.69, 9.17) is 0 Å². The minimum atomic E-state index is -0.667. The van der Waals surface area contributed by atoms with E-state index in [1.54, 1.807) is 6.92 Å². The molecule has 3 heteroatoms. The van der Waals surface area contributed by atoms with E-state index < -0.39 is 10.8 Å². The van der Waals surface area contributed by atoms with Crippen molar-refractivity contribution in [3.63, 3.8) is 0 Å². The molecule has 0 fully saturated rings. The molecular formula is C11H22O2S. The number of Topliss-reactive ketones (excluding diaryl/α,β-unsaturated/α-hetero) is 1. The van der Waals surface area contributed by atoms with Crippen LogP contribution in [0.5, 0.6) is 0 Å². The highest BCUT2D eigenvalue weighted by Gasteiger charge is 2.02. The van der Waals surface area contributed by atoms with Gasteiger partial charge >= 0.3 is 0 Å². The minimum Gasteiger partial charge on any atom is -0.300 e. The molecule has 0 aromatic carbocycles. The van der Waals surface area contributed by atoms with Crippen LogP contribution < -0.4 is 0 Å². The summed E-state index contributed by atoms with van der Waals surface area (Å²) in [5, 5.41) is 0. The van der Waals surface area contributed by atoms with Crippen LogP contribution in [-0.4, -0.2) is 21.5 Å². The Morgan fingerprint density at radius 2 is 1.86 bits per heavy atom. The Hall–Kier alpha value is -0.180. The van der Waals surface area contributed by atoms with Gasteiger partial charge in [-0.15, -0.1) is 0 Å². The molecule has 0 N–H and O–H groups in total. The summed E-state index contributed by atoms with van der Waals surface area (Å²) in [5.41, 5.74) is 0. The molecule has 0 aliphatic rings. The number of unbranched alkanes of at least 4 members (excludes halogenated alkanes) is 1. The lowest BCUT2D eigenvalue weighted by molar-refractivity contribution is -0.117. The summed E-state index contributed by atoms with van der Waals surface area (Å²) in [7, 11) is -0.667. The molecule has 0 saturated carbocycles. The van der Waals surface area contributed by atoms with E-state index in [1.807, 2.05) is 0 Å². The maximum absolute atomic E-state index is 11.4. The second-order valence-electron chi connectivity index (χ2n) is 4.19. The van der Waals surface area contributed by atoms with Gasteiger partial charge in [0.05, 0.1) is 0 Å². The van der Waals surface area contributed by atoms with E-state index >= 15 is 0 Å². The Bertz CT molecular complexity index is 188. The monoisotopic (exact) mass is 218 g/mol. The average molecular weight is 218 g/mol. The van der Waals surface area contributed by atoms with Crippen LogP contribution in [0.4, 0.5) is 0 Å². The summed E-state index contributed by atoms with van der Waals surface area (Å²) >= 11 is 0. The van der Waals surface area contributed by atoms with Crippen LogP contribution >= 0.6 is 0 Å². The van der Waals surface area contributed by atoms with Crippen LogP contribution in [0.2, 0.25) is 0 Å². The van der Waals surface area contributed by atoms with Gasteiger partial charge in [0, 0.05) is 28.7 Å². The average Bonchev–Trinajstić information content (AvgIpc) is 2.08. The molecule has 1 atom stereocenters. The first kappa shape index (κ1) is 13.8. The molecule has 0 aliphatic heterocycles. The van der Waals surface area contributed by atoms with Crippen molar-refractivity contribution in [3.8, 4) is 0 Å². The van der Waals surface area contributed by atoms with Crippen molar-refractivity contribution in [2.24, 2.45) is 5.92 Å². The minimum absolute atomic E-state index is 0.234. The second kappa shape index (κ2) is 8.16. The Morgan fingerprint density at radius 3 is 2.36 bits per heavy atom. The van der Waals surface area contributed by atoms with Crippen molar-refractivity contribution in [3.05, 3.63) is 0 Å². The normalized spacial score (nSPS) is 13.1. The van der Waals surface area contributed by atoms with E-state index in [0.29, 0.717) is 12.3 Å². The van der Waals surface area contributed by atoms with Crippen LogP contribution in [0, 0.1) is 5.92 Å². The molecule has 0 rings (SSSR count). The second-order valence-corrected chi connectivity index (χ2v) is 5.89. The van der Waals surface area contributed by atoms with Gasteiger partial charge in [0.2, 0.25) is 0 Å². The number of ketones is 1. The fourth-order valence-electron chi connectivity index (χ4n) is 1.11. The quantitative estimate of drug-likeness (QED) is 0.587. The van der Waals surface area contributed by atoms with Crippen molar-refractivity contribution in [2.45, 2.75) is 46.5 Å². The first-order valence-corrected chi connectivity index (χ1v) is 6.85. The standard InChI is InChI=1S/C11H22O2S/c1-10(2)7-9-14(13)8-5-4-6-11(3)12/h10H,4-9H2,1-3H3. The van der Waals surface area contributed by atoms with Gasteiger partial charge in [0.15, 0.2) is 0 Å². The molecule has 0 bridgehead atoms. The molecular weight excluding hydrogens is 196 g/mol. The van der Waals surface area contributed by atoms with Crippen molar-refractivity contribution >= 4 is 16.6 Å². The fourth-order valence-corrected chi connectivity index (χ4v) is 2.57. The third kappa shape index (κ3) is 9.90. The van der Waals surface area contributed by atoms with E-state index in [2.05, 4.69) is 13.8 Å². The smallest absolute Gasteiger partial charge is 0.129 e. The van der Waals surface area contributed by atoms with E-state index in [0.717, 1.165) is 30.8 Å². The molecule has 1 unspecified atom stereocenters. The largest absolute Gasteiger partial charge is 0.300 e. The van der Waals surface area contributed by atoms with E-state index in [9.17, 15) is 9.00 Å². The molecule has 0 aromatic rings. The highest BCUT2D eigenvalue weighted by Crippen LogP contribution is 2.03. The highest BCUT2D eigenvalue weighted by molar-refractivity contribution is 7.84. The number of carbonyl (C=O) groups excluding carboxylic acids is 1. The lowest BCUT2D eigenvalue weighted by Crippen LogP contribution is -2.05. The van der Waals surface area contributed by atoms with E-state index in [1.165, 1.54) is 0 Å². The zero-order valence-corrected chi connectivity index (χ0v) is 10.4. The van der Waals surface area contributed by atoms with Crippen molar-refractivity contribution < 1.29 is 9.00 Å². The molecule has 0 amide bonds. The molecule has 0 spiro atoms. The van der Waals surface area contributed by atoms with Crippen LogP contribution in [-0.2, 0) is 15.6 Å². The lowest BCUT2D eigenvalue weighted by Gasteiger charge is -2.04. The van der Waals surface area contributed by atoms with Crippen molar-refractivity contribution in [2.75, 3.05) is 11.5 Å². The van der Waals surface area contributed by atoms with Gasteiger partial charge < -0.3 is 4.79 Å². The first-order valence-electron chi connectivity index (χ1n) is 5.36. The predicted molar refractivity (Wildman–Crippen MR) is 61.9 cm³/mol. The summed E-state index contributed by atoms with van der Waals surface area (Å²) < 4.78 is 11.4. The summed E-state index contributed by atoms with van der Waals surface area (Å²) in [4.78, 5) is 10.6. The first-order chi connectivity index (χ1) is 6.52. The van der Waals surface area contributed by atoms with Crippen LogP contribution in [0.15, 0.2) is 0 Å². The van der Waals surface area contributed by atoms with Gasteiger partial charge in [0.1, 0.15) is 5.78 Å². The van der Waals surface area contributed by atoms with Crippen molar-refractivity contribution in [1.82, 2.24) is 0 Å². The molecule has 0 aliphatic carbocycles. The predicted octanol–water partition coefficient (Wildman–Crippen LogP) is 2.54. The SMILES string of the molecule is CC(=O)CCCCS(=O)CCC(C)C. The van der Waals surface area contributed by atoms with Crippen molar-refractivity contribution in [1.29, 1.82) is 0 Å². The summed E-state index contributed by atoms with van der Waals surface area (Å²) in [6, 6.07) is 0. The molecule has 0 aromatic heterocycles. The summed E-state index contributed by atoms with van der Waals surface area (Å²) in [5.74, 6) is 2.45. The number of rotatable bonds is 8. The van der Waals surface area contributed by atoms with Gasteiger partial charge in [-0.1, -0.05) is 13.8 Å². The third-order valence-corrected chi connectivity index (χ3v) is 3.51. The third-order valence-electron chi connectivity index (χ3n) is 2.07. The highest BCUT2D eigenvalue weighted by atomic mass is 32.2. The van der Waals surface area contributed by atoms with Gasteiger partial charge in [-0.25, -0.2) is 0 Å². The van der Waals surface area contributed by atoms with Crippen LogP contribution in [0.1, 0.15) is 46.5 Å². The van der Waals surface area contributed by atoms with Crippen LogP contribution in [0.25, 0.3) is 0 Å². The Labute approximate surface area is 89.9 Å². The molecule has 84 valence electrons. The zero-order chi connectivity index (χ0) is 11.0.